The number of hydrogen-bond donors (Lipinski definition) is 5. The van der Waals surface area contributed by atoms with Crippen LogP contribution in [0.1, 0.15) is 2.85 Å². The molecule has 5 N–H and O–H groups in total. The van der Waals surface area contributed by atoms with Crippen LogP contribution in [0.25, 0.3) is 0 Å². The van der Waals surface area contributed by atoms with Gasteiger partial charge in [0.15, 0.2) is 0 Å². The molecule has 0 radical (unpaired) electrons. The fourth-order valence-corrected chi connectivity index (χ4v) is 0. The average molecular weight is 208 g/mol. The molecule has 0 saturated heterocycles. The molecule has 0 spiro atoms. The van der Waals surface area contributed by atoms with E-state index < -0.39 is 14.0 Å². The molecule has 0 unspecified atom stereocenters. The van der Waals surface area contributed by atoms with Gasteiger partial charge in [0.05, 0.1) is 0 Å². The van der Waals surface area contributed by atoms with Gasteiger partial charge in [-0.2, -0.15) is 0 Å². The summed E-state index contributed by atoms with van der Waals surface area (Å²) in [5.41, 5.74) is 0. The summed E-state index contributed by atoms with van der Waals surface area (Å²) in [6, 6.07) is 0. The third kappa shape index (κ3) is 526. The Balaban J connectivity index is -0.0000000146. The molecule has 0 aliphatic rings. The molecule has 0 bridgehead atoms. The molecule has 0 atom stereocenters. The molecule has 0 aliphatic heterocycles. The van der Waals surface area contributed by atoms with Crippen LogP contribution in [0.4, 0.5) is 4.79 Å². The maximum Gasteiger partial charge on any atom is 1.00 e. The minimum atomic E-state index is -4.64. The summed E-state index contributed by atoms with van der Waals surface area (Å²) in [7, 11) is -4.64. The first-order valence-electron chi connectivity index (χ1n) is 1.43. The molecule has 60 valence electrons. The van der Waals surface area contributed by atoms with Gasteiger partial charge in [-0.25, -0.2) is 9.36 Å². The normalized spacial score (nSPS) is 7.55. The van der Waals surface area contributed by atoms with Gasteiger partial charge < -0.3 is 27.7 Å². The van der Waals surface area contributed by atoms with E-state index in [-0.39, 0.29) is 62.0 Å². The summed E-state index contributed by atoms with van der Waals surface area (Å²) in [4.78, 5) is 30.1. The number of rotatable bonds is 0. The maximum atomic E-state index is 8.88. The first-order chi connectivity index (χ1) is 3.73. The fourth-order valence-electron chi connectivity index (χ4n) is 0. The van der Waals surface area contributed by atoms with Crippen LogP contribution in [0.15, 0.2) is 0 Å². The number of hydrogen-bond acceptors (Lipinski definition) is 2. The van der Waals surface area contributed by atoms with Gasteiger partial charge in [-0.1, -0.05) is 0 Å². The summed E-state index contributed by atoms with van der Waals surface area (Å²) in [6.45, 7) is 0. The third-order valence-corrected chi connectivity index (χ3v) is 0. The standard InChI is InChI=1S/CH2O3.2Na.H3O4P.2H/c2-1(3)4;;;1-5(2,3)4;;/h(H2,2,3,4);;;(H3,1,2,3,4);;/q;2*+1;;2*-1. The van der Waals surface area contributed by atoms with Gasteiger partial charge in [0.1, 0.15) is 0 Å². The van der Waals surface area contributed by atoms with Gasteiger partial charge in [-0.05, 0) is 0 Å². The van der Waals surface area contributed by atoms with E-state index in [0.29, 0.717) is 0 Å². The van der Waals surface area contributed by atoms with Gasteiger partial charge in [-0.15, -0.1) is 0 Å². The molecule has 0 aromatic rings. The molecule has 0 fully saturated rings. The fraction of sp³-hybridized carbons (Fsp3) is 0. The summed E-state index contributed by atoms with van der Waals surface area (Å²) >= 11 is 0. The van der Waals surface area contributed by atoms with Crippen molar-refractivity contribution in [3.63, 3.8) is 0 Å². The van der Waals surface area contributed by atoms with E-state index in [1.54, 1.807) is 0 Å². The van der Waals surface area contributed by atoms with Gasteiger partial charge in [0.25, 0.3) is 0 Å². The maximum absolute atomic E-state index is 8.88. The van der Waals surface area contributed by atoms with Crippen LogP contribution in [-0.4, -0.2) is 31.0 Å². The third-order valence-electron chi connectivity index (χ3n) is 0. The SMILES string of the molecule is O=C(O)O.O=P(O)(O)O.[H-].[H-].[Na+].[Na+]. The van der Waals surface area contributed by atoms with E-state index in [4.69, 9.17) is 34.3 Å². The predicted octanol–water partition coefficient (Wildman–Crippen LogP) is -6.47. The molecule has 0 amide bonds. The largest absolute Gasteiger partial charge is 1.00 e. The molecule has 11 heavy (non-hydrogen) atoms. The zero-order chi connectivity index (χ0) is 8.08. The van der Waals surface area contributed by atoms with Crippen molar-refractivity contribution in [3.05, 3.63) is 0 Å². The van der Waals surface area contributed by atoms with Crippen molar-refractivity contribution in [1.82, 2.24) is 0 Å². The smallest absolute Gasteiger partial charge is 1.00 e. The minimum Gasteiger partial charge on any atom is -1.00 e. The van der Waals surface area contributed by atoms with Crippen LogP contribution in [0, 0.1) is 0 Å². The van der Waals surface area contributed by atoms with Crippen LogP contribution >= 0.6 is 7.82 Å². The van der Waals surface area contributed by atoms with Crippen LogP contribution in [0.5, 0.6) is 0 Å². The molecule has 10 heteroatoms. The molecule has 0 saturated carbocycles. The zero-order valence-corrected chi connectivity index (χ0v) is 10.9. The van der Waals surface area contributed by atoms with E-state index >= 15 is 0 Å². The second kappa shape index (κ2) is 11.4. The Morgan fingerprint density at radius 1 is 1.09 bits per heavy atom. The van der Waals surface area contributed by atoms with E-state index in [1.165, 1.54) is 0 Å². The van der Waals surface area contributed by atoms with E-state index in [1.807, 2.05) is 0 Å². The Morgan fingerprint density at radius 3 is 1.09 bits per heavy atom. The molecule has 0 aliphatic carbocycles. The molecule has 0 heterocycles. The van der Waals surface area contributed by atoms with Crippen molar-refractivity contribution in [2.75, 3.05) is 0 Å². The topological polar surface area (TPSA) is 135 Å². The van der Waals surface area contributed by atoms with E-state index in [0.717, 1.165) is 0 Å². The van der Waals surface area contributed by atoms with Gasteiger partial charge in [-0.3, -0.25) is 0 Å². The summed E-state index contributed by atoms with van der Waals surface area (Å²) in [6.07, 6.45) is -1.83. The number of carboxylic acid groups (broad SMARTS) is 2. The van der Waals surface area contributed by atoms with Crippen molar-refractivity contribution in [1.29, 1.82) is 0 Å². The molecule has 0 aromatic carbocycles. The van der Waals surface area contributed by atoms with Gasteiger partial charge in [0, 0.05) is 0 Å². The molecular formula is CH7Na2O7P. The Morgan fingerprint density at radius 2 is 1.09 bits per heavy atom. The van der Waals surface area contributed by atoms with Crippen molar-refractivity contribution >= 4 is 14.0 Å². The van der Waals surface area contributed by atoms with E-state index in [9.17, 15) is 0 Å². The number of phosphoric acid groups is 1. The van der Waals surface area contributed by atoms with Crippen molar-refractivity contribution in [3.8, 4) is 0 Å². The van der Waals surface area contributed by atoms with E-state index in [2.05, 4.69) is 0 Å². The molecule has 0 aromatic heterocycles. The van der Waals surface area contributed by atoms with Crippen molar-refractivity contribution in [2.45, 2.75) is 0 Å². The first kappa shape index (κ1) is 22.8. The van der Waals surface area contributed by atoms with Crippen LogP contribution in [-0.2, 0) is 4.57 Å². The van der Waals surface area contributed by atoms with Crippen molar-refractivity contribution < 1.29 is 96.2 Å². The predicted molar refractivity (Wildman–Crippen MR) is 27.1 cm³/mol. The van der Waals surface area contributed by atoms with Gasteiger partial charge in [0.2, 0.25) is 0 Å². The summed E-state index contributed by atoms with van der Waals surface area (Å²) < 4.78 is 8.88. The Labute approximate surface area is 109 Å². The quantitative estimate of drug-likeness (QED) is 0.197. The number of carbonyl (C=O) groups is 1. The summed E-state index contributed by atoms with van der Waals surface area (Å²) in [5.74, 6) is 0. The van der Waals surface area contributed by atoms with Crippen LogP contribution in [0.2, 0.25) is 0 Å². The zero-order valence-electron chi connectivity index (χ0n) is 8.00. The van der Waals surface area contributed by atoms with Gasteiger partial charge >= 0.3 is 73.1 Å². The Kier molecular flexibility index (Phi) is 23.6. The second-order valence-corrected chi connectivity index (χ2v) is 1.82. The second-order valence-electron chi connectivity index (χ2n) is 0.796. The van der Waals surface area contributed by atoms with Crippen molar-refractivity contribution in [2.24, 2.45) is 0 Å². The van der Waals surface area contributed by atoms with Crippen LogP contribution < -0.4 is 59.1 Å². The first-order valence-corrected chi connectivity index (χ1v) is 3.00. The minimum absolute atomic E-state index is 0. The molecule has 7 nitrogen and oxygen atoms in total. The Hall–Kier alpha value is 1.38. The summed E-state index contributed by atoms with van der Waals surface area (Å²) in [5, 5.41) is 13.9. The monoisotopic (exact) mass is 208 g/mol. The molecular weight excluding hydrogens is 201 g/mol. The Bertz CT molecular complexity index is 124. The van der Waals surface area contributed by atoms with Crippen LogP contribution in [0.3, 0.4) is 0 Å². The molecule has 0 rings (SSSR count). The average Bonchev–Trinajstić information content (AvgIpc) is 1.19.